The van der Waals surface area contributed by atoms with Gasteiger partial charge in [-0.05, 0) is 17.7 Å². The van der Waals surface area contributed by atoms with Gasteiger partial charge in [0.1, 0.15) is 9.51 Å². The van der Waals surface area contributed by atoms with E-state index < -0.39 is 10.0 Å². The first-order chi connectivity index (χ1) is 7.49. The molecule has 0 fully saturated rings. The molecule has 4 nitrogen and oxygen atoms in total. The lowest BCUT2D eigenvalue weighted by Gasteiger charge is -2.15. The summed E-state index contributed by atoms with van der Waals surface area (Å²) in [4.78, 5) is 0. The minimum atomic E-state index is -3.12. The summed E-state index contributed by atoms with van der Waals surface area (Å²) < 4.78 is 29.5. The Bertz CT molecular complexity index is 430. The molecule has 0 aliphatic heterocycles. The van der Waals surface area contributed by atoms with Gasteiger partial charge in [-0.15, -0.1) is 0 Å². The molecule has 0 aliphatic carbocycles. The number of rotatable bonds is 5. The highest BCUT2D eigenvalue weighted by Gasteiger charge is 2.15. The fourth-order valence-corrected chi connectivity index (χ4v) is 3.11. The monoisotopic (exact) mass is 355 g/mol. The van der Waals surface area contributed by atoms with Crippen LogP contribution in [0, 0.1) is 0 Å². The molecular weight excluding hydrogens is 341 g/mol. The lowest BCUT2D eigenvalue weighted by molar-refractivity contribution is 0.414. The Hall–Kier alpha value is -0.340. The van der Waals surface area contributed by atoms with Crippen molar-refractivity contribution >= 4 is 32.6 Å². The fraction of sp³-hybridized carbons (Fsp3) is 0.400. The lowest BCUT2D eigenvalue weighted by Crippen LogP contribution is -2.26. The van der Waals surface area contributed by atoms with E-state index in [1.165, 1.54) is 4.31 Å². The maximum absolute atomic E-state index is 11.5. The maximum atomic E-state index is 11.5. The topological polar surface area (TPSA) is 46.6 Å². The lowest BCUT2D eigenvalue weighted by atomic mass is 10.2. The van der Waals surface area contributed by atoms with Crippen LogP contribution in [-0.2, 0) is 16.6 Å². The van der Waals surface area contributed by atoms with Crippen molar-refractivity contribution in [2.45, 2.75) is 6.54 Å². The van der Waals surface area contributed by atoms with Gasteiger partial charge in [0.15, 0.2) is 0 Å². The Balaban J connectivity index is 2.74. The zero-order valence-electron chi connectivity index (χ0n) is 9.18. The molecule has 90 valence electrons. The van der Waals surface area contributed by atoms with E-state index in [1.807, 2.05) is 46.9 Å². The van der Waals surface area contributed by atoms with Crippen molar-refractivity contribution in [3.63, 3.8) is 0 Å². The van der Waals surface area contributed by atoms with Gasteiger partial charge in [-0.2, -0.15) is 4.31 Å². The van der Waals surface area contributed by atoms with Crippen molar-refractivity contribution in [1.29, 1.82) is 0 Å². The average molecular weight is 355 g/mol. The second-order valence-electron chi connectivity index (χ2n) is 3.33. The third-order valence-corrected chi connectivity index (χ3v) is 5.89. The number of ether oxygens (including phenoxy) is 1. The summed E-state index contributed by atoms with van der Waals surface area (Å²) in [7, 11) is 0.0571. The molecule has 0 aromatic heterocycles. The molecule has 0 amide bonds. The summed E-state index contributed by atoms with van der Waals surface area (Å²) in [6, 6.07) is 7.36. The third kappa shape index (κ3) is 3.60. The van der Waals surface area contributed by atoms with Crippen LogP contribution in [-0.4, -0.2) is 30.6 Å². The molecule has 0 saturated heterocycles. The highest BCUT2D eigenvalue weighted by atomic mass is 127. The van der Waals surface area contributed by atoms with Gasteiger partial charge in [0.2, 0.25) is 10.0 Å². The van der Waals surface area contributed by atoms with Gasteiger partial charge in [-0.3, -0.25) is 0 Å². The number of methoxy groups -OCH3 is 1. The van der Waals surface area contributed by atoms with E-state index in [2.05, 4.69) is 0 Å². The summed E-state index contributed by atoms with van der Waals surface area (Å²) >= 11 is 1.85. The van der Waals surface area contributed by atoms with Crippen LogP contribution in [0.1, 0.15) is 5.56 Å². The van der Waals surface area contributed by atoms with E-state index in [0.29, 0.717) is 6.54 Å². The summed E-state index contributed by atoms with van der Waals surface area (Å²) in [5, 5.41) is 0. The van der Waals surface area contributed by atoms with E-state index in [1.54, 1.807) is 14.2 Å². The Labute approximate surface area is 110 Å². The third-order valence-electron chi connectivity index (χ3n) is 2.18. The summed E-state index contributed by atoms with van der Waals surface area (Å²) in [5.74, 6) is 0.767. The molecule has 0 bridgehead atoms. The van der Waals surface area contributed by atoms with Gasteiger partial charge >= 0.3 is 0 Å². The smallest absolute Gasteiger partial charge is 0.223 e. The largest absolute Gasteiger partial charge is 0.497 e. The molecule has 0 spiro atoms. The van der Waals surface area contributed by atoms with E-state index >= 15 is 0 Å². The molecule has 0 heterocycles. The summed E-state index contributed by atoms with van der Waals surface area (Å²) in [6.07, 6.45) is 0. The second-order valence-corrected chi connectivity index (χ2v) is 7.20. The minimum absolute atomic E-state index is 0.0947. The minimum Gasteiger partial charge on any atom is -0.497 e. The molecular formula is C10H14INO3S. The highest BCUT2D eigenvalue weighted by molar-refractivity contribution is 14.1. The molecule has 6 heteroatoms. The normalized spacial score (nSPS) is 11.8. The number of halogens is 1. The van der Waals surface area contributed by atoms with Crippen molar-refractivity contribution in [2.75, 3.05) is 17.9 Å². The van der Waals surface area contributed by atoms with E-state index in [0.717, 1.165) is 11.3 Å². The zero-order chi connectivity index (χ0) is 12.2. The van der Waals surface area contributed by atoms with Crippen LogP contribution in [0.4, 0.5) is 0 Å². The van der Waals surface area contributed by atoms with Gasteiger partial charge in [0.25, 0.3) is 0 Å². The van der Waals surface area contributed by atoms with Gasteiger partial charge in [-0.1, -0.05) is 34.7 Å². The number of alkyl halides is 1. The van der Waals surface area contributed by atoms with Crippen LogP contribution in [0.15, 0.2) is 24.3 Å². The number of hydrogen-bond donors (Lipinski definition) is 0. The van der Waals surface area contributed by atoms with Crippen LogP contribution >= 0.6 is 22.6 Å². The molecule has 0 N–H and O–H groups in total. The van der Waals surface area contributed by atoms with Crippen molar-refractivity contribution < 1.29 is 13.2 Å². The standard InChI is InChI=1S/C10H14INO3S/c1-12(16(13,14)8-11)7-9-3-5-10(15-2)6-4-9/h3-6H,7-8H2,1-2H3. The molecule has 0 radical (unpaired) electrons. The van der Waals surface area contributed by atoms with Crippen LogP contribution < -0.4 is 4.74 Å². The molecule has 0 aliphatic rings. The Kier molecular flexibility index (Phi) is 5.00. The van der Waals surface area contributed by atoms with Crippen molar-refractivity contribution in [1.82, 2.24) is 4.31 Å². The number of benzene rings is 1. The second kappa shape index (κ2) is 5.83. The van der Waals surface area contributed by atoms with Crippen LogP contribution in [0.3, 0.4) is 0 Å². The average Bonchev–Trinajstić information content (AvgIpc) is 2.30. The number of hydrogen-bond acceptors (Lipinski definition) is 3. The zero-order valence-corrected chi connectivity index (χ0v) is 12.2. The quantitative estimate of drug-likeness (QED) is 0.598. The molecule has 1 rings (SSSR count). The first-order valence-electron chi connectivity index (χ1n) is 4.62. The summed E-state index contributed by atoms with van der Waals surface area (Å²) in [6.45, 7) is 0.384. The fourth-order valence-electron chi connectivity index (χ4n) is 1.17. The van der Waals surface area contributed by atoms with Crippen LogP contribution in [0.5, 0.6) is 5.75 Å². The van der Waals surface area contributed by atoms with Crippen molar-refractivity contribution in [2.24, 2.45) is 0 Å². The first-order valence-corrected chi connectivity index (χ1v) is 7.76. The molecule has 0 atom stereocenters. The Morgan fingerprint density at radius 2 is 1.88 bits per heavy atom. The van der Waals surface area contributed by atoms with Gasteiger partial charge in [0, 0.05) is 13.6 Å². The van der Waals surface area contributed by atoms with Crippen molar-refractivity contribution in [3.8, 4) is 5.75 Å². The van der Waals surface area contributed by atoms with E-state index in [9.17, 15) is 8.42 Å². The first kappa shape index (κ1) is 13.7. The van der Waals surface area contributed by atoms with E-state index in [4.69, 9.17) is 4.74 Å². The molecule has 0 saturated carbocycles. The SMILES string of the molecule is COc1ccc(CN(C)S(=O)(=O)CI)cc1. The number of sulfonamides is 1. The van der Waals surface area contributed by atoms with Crippen LogP contribution in [0.2, 0.25) is 0 Å². The van der Waals surface area contributed by atoms with Crippen molar-refractivity contribution in [3.05, 3.63) is 29.8 Å². The van der Waals surface area contributed by atoms with Crippen LogP contribution in [0.25, 0.3) is 0 Å². The van der Waals surface area contributed by atoms with E-state index in [-0.39, 0.29) is 3.76 Å². The molecule has 16 heavy (non-hydrogen) atoms. The van der Waals surface area contributed by atoms with Gasteiger partial charge in [-0.25, -0.2) is 8.42 Å². The maximum Gasteiger partial charge on any atom is 0.223 e. The Morgan fingerprint density at radius 3 is 2.31 bits per heavy atom. The summed E-state index contributed by atoms with van der Waals surface area (Å²) in [5.41, 5.74) is 0.941. The predicted molar refractivity (Wildman–Crippen MR) is 72.3 cm³/mol. The predicted octanol–water partition coefficient (Wildman–Crippen LogP) is 1.85. The molecule has 0 unspecified atom stereocenters. The molecule has 1 aromatic carbocycles. The Morgan fingerprint density at radius 1 is 1.31 bits per heavy atom. The molecule has 1 aromatic rings. The van der Waals surface area contributed by atoms with Gasteiger partial charge in [0.05, 0.1) is 7.11 Å². The van der Waals surface area contributed by atoms with Gasteiger partial charge < -0.3 is 4.74 Å². The highest BCUT2D eigenvalue weighted by Crippen LogP contribution is 2.14. The number of nitrogens with zero attached hydrogens (tertiary/aromatic N) is 1.